The van der Waals surface area contributed by atoms with E-state index in [9.17, 15) is 0 Å². The van der Waals surface area contributed by atoms with Gasteiger partial charge in [-0.1, -0.05) is 43.2 Å². The molecule has 2 fully saturated rings. The summed E-state index contributed by atoms with van der Waals surface area (Å²) < 4.78 is 6.41. The predicted octanol–water partition coefficient (Wildman–Crippen LogP) is 4.89. The van der Waals surface area contributed by atoms with Crippen molar-refractivity contribution in [1.82, 2.24) is 0 Å². The summed E-state index contributed by atoms with van der Waals surface area (Å²) in [5, 5.41) is 0. The van der Waals surface area contributed by atoms with Gasteiger partial charge in [-0.3, -0.25) is 0 Å². The lowest BCUT2D eigenvalue weighted by molar-refractivity contribution is -0.0405. The Kier molecular flexibility index (Phi) is 4.14. The monoisotopic (exact) mass is 278 g/mol. The van der Waals surface area contributed by atoms with E-state index in [1.807, 2.05) is 0 Å². The van der Waals surface area contributed by atoms with Crippen molar-refractivity contribution < 1.29 is 4.74 Å². The van der Waals surface area contributed by atoms with Gasteiger partial charge in [0.2, 0.25) is 0 Å². The quantitative estimate of drug-likeness (QED) is 0.713. The second-order valence-electron chi connectivity index (χ2n) is 6.17. The van der Waals surface area contributed by atoms with E-state index in [1.54, 1.807) is 0 Å². The van der Waals surface area contributed by atoms with Crippen molar-refractivity contribution >= 4 is 11.6 Å². The zero-order valence-electron chi connectivity index (χ0n) is 11.5. The molecule has 104 valence electrons. The van der Waals surface area contributed by atoms with Crippen LogP contribution in [0.25, 0.3) is 0 Å². The summed E-state index contributed by atoms with van der Waals surface area (Å²) in [6, 6.07) is 10.6. The summed E-state index contributed by atoms with van der Waals surface area (Å²) in [7, 11) is 0. The molecule has 0 aromatic heterocycles. The van der Waals surface area contributed by atoms with E-state index in [4.69, 9.17) is 16.3 Å². The standard InChI is InChI=1S/C17H23ClO/c18-13-15(14-6-2-1-3-7-14)12-16-8-11-17(19-16)9-4-5-10-17/h1-3,6-7,15-16H,4-5,8-13H2. The SMILES string of the molecule is ClCC(CC1CCC2(CCCC2)O1)c1ccccc1. The molecule has 0 radical (unpaired) electrons. The highest BCUT2D eigenvalue weighted by molar-refractivity contribution is 6.18. The van der Waals surface area contributed by atoms with Crippen LogP contribution in [-0.4, -0.2) is 17.6 Å². The van der Waals surface area contributed by atoms with Gasteiger partial charge in [0.15, 0.2) is 0 Å². The van der Waals surface area contributed by atoms with E-state index in [2.05, 4.69) is 30.3 Å². The van der Waals surface area contributed by atoms with Crippen molar-refractivity contribution in [1.29, 1.82) is 0 Å². The van der Waals surface area contributed by atoms with E-state index in [1.165, 1.54) is 44.1 Å². The molecular weight excluding hydrogens is 256 g/mol. The first-order valence-electron chi connectivity index (χ1n) is 7.60. The minimum atomic E-state index is 0.248. The van der Waals surface area contributed by atoms with E-state index in [0.717, 1.165) is 6.42 Å². The smallest absolute Gasteiger partial charge is 0.0687 e. The van der Waals surface area contributed by atoms with Crippen LogP contribution in [0.3, 0.4) is 0 Å². The fraction of sp³-hybridized carbons (Fsp3) is 0.647. The highest BCUT2D eigenvalue weighted by atomic mass is 35.5. The summed E-state index contributed by atoms with van der Waals surface area (Å²) in [4.78, 5) is 0. The zero-order chi connectivity index (χ0) is 13.1. The van der Waals surface area contributed by atoms with Crippen molar-refractivity contribution in [3.8, 4) is 0 Å². The van der Waals surface area contributed by atoms with Gasteiger partial charge in [0.05, 0.1) is 11.7 Å². The Morgan fingerprint density at radius 3 is 2.58 bits per heavy atom. The molecule has 1 saturated heterocycles. The summed E-state index contributed by atoms with van der Waals surface area (Å²) in [6.45, 7) is 0. The lowest BCUT2D eigenvalue weighted by Gasteiger charge is -2.25. The molecule has 2 atom stereocenters. The summed E-state index contributed by atoms with van der Waals surface area (Å²) in [6.07, 6.45) is 9.24. The molecule has 2 heteroatoms. The topological polar surface area (TPSA) is 9.23 Å². The maximum atomic E-state index is 6.41. The average molecular weight is 279 g/mol. The number of hydrogen-bond acceptors (Lipinski definition) is 1. The molecule has 0 N–H and O–H groups in total. The van der Waals surface area contributed by atoms with Gasteiger partial charge in [-0.15, -0.1) is 11.6 Å². The normalized spacial score (nSPS) is 26.9. The number of benzene rings is 1. The molecule has 1 aliphatic carbocycles. The minimum absolute atomic E-state index is 0.248. The third-order valence-electron chi connectivity index (χ3n) is 4.86. The van der Waals surface area contributed by atoms with Gasteiger partial charge in [-0.05, 0) is 43.6 Å². The molecule has 0 amide bonds. The van der Waals surface area contributed by atoms with Gasteiger partial charge < -0.3 is 4.74 Å². The Bertz CT molecular complexity index is 397. The van der Waals surface area contributed by atoms with Crippen molar-refractivity contribution in [2.75, 3.05) is 5.88 Å². The second-order valence-corrected chi connectivity index (χ2v) is 6.47. The fourth-order valence-electron chi connectivity index (χ4n) is 3.78. The van der Waals surface area contributed by atoms with Crippen LogP contribution in [0, 0.1) is 0 Å². The third kappa shape index (κ3) is 2.98. The molecule has 1 heterocycles. The number of rotatable bonds is 4. The van der Waals surface area contributed by atoms with Gasteiger partial charge in [0, 0.05) is 5.88 Å². The van der Waals surface area contributed by atoms with Crippen molar-refractivity contribution in [2.24, 2.45) is 0 Å². The molecule has 1 aromatic carbocycles. The Morgan fingerprint density at radius 1 is 1.16 bits per heavy atom. The lowest BCUT2D eigenvalue weighted by Crippen LogP contribution is -2.25. The molecule has 1 spiro atoms. The first-order valence-corrected chi connectivity index (χ1v) is 8.13. The van der Waals surface area contributed by atoms with Gasteiger partial charge in [-0.25, -0.2) is 0 Å². The van der Waals surface area contributed by atoms with Gasteiger partial charge in [0.25, 0.3) is 0 Å². The van der Waals surface area contributed by atoms with Gasteiger partial charge in [-0.2, -0.15) is 0 Å². The number of halogens is 1. The van der Waals surface area contributed by atoms with Crippen LogP contribution in [0.1, 0.15) is 56.4 Å². The van der Waals surface area contributed by atoms with E-state index in [0.29, 0.717) is 17.9 Å². The summed E-state index contributed by atoms with van der Waals surface area (Å²) in [5.41, 5.74) is 1.60. The molecular formula is C17H23ClO. The van der Waals surface area contributed by atoms with E-state index < -0.39 is 0 Å². The van der Waals surface area contributed by atoms with Gasteiger partial charge >= 0.3 is 0 Å². The molecule has 0 bridgehead atoms. The molecule has 3 rings (SSSR count). The third-order valence-corrected chi connectivity index (χ3v) is 5.23. The van der Waals surface area contributed by atoms with Crippen LogP contribution in [0.15, 0.2) is 30.3 Å². The van der Waals surface area contributed by atoms with Crippen molar-refractivity contribution in [2.45, 2.75) is 62.6 Å². The van der Waals surface area contributed by atoms with Crippen LogP contribution in [-0.2, 0) is 4.74 Å². The molecule has 1 saturated carbocycles. The molecule has 1 nitrogen and oxygen atoms in total. The number of alkyl halides is 1. The molecule has 19 heavy (non-hydrogen) atoms. The van der Waals surface area contributed by atoms with Crippen LogP contribution in [0.2, 0.25) is 0 Å². The van der Waals surface area contributed by atoms with Crippen LogP contribution in [0.5, 0.6) is 0 Å². The van der Waals surface area contributed by atoms with Crippen molar-refractivity contribution in [3.05, 3.63) is 35.9 Å². The van der Waals surface area contributed by atoms with E-state index in [-0.39, 0.29) is 5.60 Å². The summed E-state index contributed by atoms with van der Waals surface area (Å²) in [5.74, 6) is 1.13. The van der Waals surface area contributed by atoms with Crippen LogP contribution < -0.4 is 0 Å². The van der Waals surface area contributed by atoms with Crippen LogP contribution >= 0.6 is 11.6 Å². The van der Waals surface area contributed by atoms with Crippen LogP contribution in [0.4, 0.5) is 0 Å². The molecule has 1 aliphatic heterocycles. The Morgan fingerprint density at radius 2 is 1.89 bits per heavy atom. The summed E-state index contributed by atoms with van der Waals surface area (Å²) >= 11 is 6.18. The highest BCUT2D eigenvalue weighted by Gasteiger charge is 2.42. The maximum Gasteiger partial charge on any atom is 0.0687 e. The number of hydrogen-bond donors (Lipinski definition) is 0. The number of ether oxygens (including phenoxy) is 1. The average Bonchev–Trinajstić information content (AvgIpc) is 3.08. The molecule has 2 unspecified atom stereocenters. The lowest BCUT2D eigenvalue weighted by atomic mass is 9.93. The fourth-order valence-corrected chi connectivity index (χ4v) is 4.08. The highest BCUT2D eigenvalue weighted by Crippen LogP contribution is 2.45. The van der Waals surface area contributed by atoms with E-state index >= 15 is 0 Å². The van der Waals surface area contributed by atoms with Gasteiger partial charge in [0.1, 0.15) is 0 Å². The predicted molar refractivity (Wildman–Crippen MR) is 79.8 cm³/mol. The Balaban J connectivity index is 1.61. The van der Waals surface area contributed by atoms with Crippen molar-refractivity contribution in [3.63, 3.8) is 0 Å². The minimum Gasteiger partial charge on any atom is -0.372 e. The Hall–Kier alpha value is -0.530. The Labute approximate surface area is 121 Å². The maximum absolute atomic E-state index is 6.41. The molecule has 1 aromatic rings. The largest absolute Gasteiger partial charge is 0.372 e. The zero-order valence-corrected chi connectivity index (χ0v) is 12.2. The first kappa shape index (κ1) is 13.5. The molecule has 2 aliphatic rings. The first-order chi connectivity index (χ1) is 9.31. The second kappa shape index (κ2) is 5.85.